The van der Waals surface area contributed by atoms with E-state index in [2.05, 4.69) is 38.2 Å². The van der Waals surface area contributed by atoms with Gasteiger partial charge in [-0.25, -0.2) is 4.79 Å². The van der Waals surface area contributed by atoms with Crippen LogP contribution in [0.15, 0.2) is 59.3 Å². The van der Waals surface area contributed by atoms with Gasteiger partial charge in [-0.15, -0.1) is 22.7 Å². The van der Waals surface area contributed by atoms with Gasteiger partial charge in [-0.1, -0.05) is 42.0 Å². The van der Waals surface area contributed by atoms with Gasteiger partial charge in [0.05, 0.1) is 29.4 Å². The topological polar surface area (TPSA) is 51.0 Å². The largest absolute Gasteiger partial charge is 0.459 e. The van der Waals surface area contributed by atoms with E-state index >= 15 is 0 Å². The van der Waals surface area contributed by atoms with Crippen molar-refractivity contribution in [3.8, 4) is 0 Å². The van der Waals surface area contributed by atoms with Gasteiger partial charge in [0.1, 0.15) is 6.10 Å². The summed E-state index contributed by atoms with van der Waals surface area (Å²) >= 11 is 2.80. The number of hydrogen-bond donors (Lipinski definition) is 2. The second-order valence-corrected chi connectivity index (χ2v) is 12.3. The van der Waals surface area contributed by atoms with E-state index in [0.29, 0.717) is 27.6 Å². The van der Waals surface area contributed by atoms with Gasteiger partial charge in [0, 0.05) is 18.3 Å². The fraction of sp³-hybridized carbons (Fsp3) is 0.483. The SMILES string of the molecule is Cc1ccc(CCCC[NH+](C)C2CC3CCC2C3OC(=O)C(O)(c2cccs2)c2cccs2)cc1. The predicted octanol–water partition coefficient (Wildman–Crippen LogP) is 4.60. The maximum atomic E-state index is 13.5. The van der Waals surface area contributed by atoms with E-state index in [0.717, 1.165) is 32.2 Å². The standard InChI is InChI=1S/C29H35NO3S2/c1-20-10-12-21(13-11-20)7-3-4-16-30(2)24-19-22-14-15-23(24)27(22)33-28(31)29(32,25-8-5-17-34-25)26-9-6-18-35-26/h5-6,8-13,17-18,22-24,27,32H,3-4,7,14-16,19H2,1-2H3/p+1. The Bertz CT molecular complexity index is 1060. The van der Waals surface area contributed by atoms with E-state index in [4.69, 9.17) is 4.74 Å². The number of fused-ring (bicyclic) bond motifs is 2. The molecule has 5 unspecified atom stereocenters. The molecule has 3 aromatic rings. The number of aliphatic hydroxyl groups is 1. The quantitative estimate of drug-likeness (QED) is 0.310. The highest BCUT2D eigenvalue weighted by Gasteiger charge is 2.55. The lowest BCUT2D eigenvalue weighted by molar-refractivity contribution is -0.910. The Balaban J connectivity index is 1.19. The van der Waals surface area contributed by atoms with E-state index in [1.165, 1.54) is 46.6 Å². The Morgan fingerprint density at radius 2 is 1.74 bits per heavy atom. The highest BCUT2D eigenvalue weighted by Crippen LogP contribution is 2.47. The minimum atomic E-state index is -1.71. The van der Waals surface area contributed by atoms with Gasteiger partial charge in [-0.3, -0.25) is 0 Å². The zero-order valence-electron chi connectivity index (χ0n) is 20.6. The molecule has 1 aromatic carbocycles. The van der Waals surface area contributed by atoms with Crippen molar-refractivity contribution in [2.75, 3.05) is 13.6 Å². The van der Waals surface area contributed by atoms with Crippen LogP contribution >= 0.6 is 22.7 Å². The van der Waals surface area contributed by atoms with Gasteiger partial charge in [0.2, 0.25) is 5.60 Å². The molecule has 2 heterocycles. The van der Waals surface area contributed by atoms with Crippen molar-refractivity contribution >= 4 is 28.6 Å². The third-order valence-corrected chi connectivity index (χ3v) is 10.1. The van der Waals surface area contributed by atoms with Crippen LogP contribution in [-0.2, 0) is 21.6 Å². The van der Waals surface area contributed by atoms with Gasteiger partial charge < -0.3 is 14.7 Å². The second-order valence-electron chi connectivity index (χ2n) is 10.4. The fourth-order valence-electron chi connectivity index (χ4n) is 6.19. The van der Waals surface area contributed by atoms with Gasteiger partial charge >= 0.3 is 5.97 Å². The number of hydrogen-bond acceptors (Lipinski definition) is 5. The molecule has 2 fully saturated rings. The van der Waals surface area contributed by atoms with Gasteiger partial charge in [-0.05, 0) is 67.5 Å². The first kappa shape index (κ1) is 24.7. The molecule has 4 nitrogen and oxygen atoms in total. The Kier molecular flexibility index (Phi) is 7.44. The molecule has 0 spiro atoms. The number of esters is 1. The summed E-state index contributed by atoms with van der Waals surface area (Å²) in [4.78, 5) is 16.3. The van der Waals surface area contributed by atoms with Crippen molar-refractivity contribution in [3.05, 3.63) is 80.2 Å². The molecular weight excluding hydrogens is 474 g/mol. The first-order chi connectivity index (χ1) is 17.0. The number of carbonyl (C=O) groups excluding carboxylic acids is 1. The van der Waals surface area contributed by atoms with Gasteiger partial charge in [0.15, 0.2) is 0 Å². The number of benzene rings is 1. The van der Waals surface area contributed by atoms with Crippen molar-refractivity contribution in [3.63, 3.8) is 0 Å². The van der Waals surface area contributed by atoms with Crippen LogP contribution in [-0.4, -0.2) is 36.8 Å². The molecule has 0 amide bonds. The zero-order valence-corrected chi connectivity index (χ0v) is 22.2. The molecule has 0 saturated heterocycles. The average Bonchev–Trinajstić information content (AvgIpc) is 3.68. The molecule has 2 aromatic heterocycles. The maximum Gasteiger partial charge on any atom is 0.349 e. The van der Waals surface area contributed by atoms with Crippen molar-refractivity contribution in [2.45, 2.75) is 63.2 Å². The lowest BCUT2D eigenvalue weighted by Gasteiger charge is -2.29. The minimum absolute atomic E-state index is 0.0820. The molecular formula is C29H36NO3S2+. The highest BCUT2D eigenvalue weighted by molar-refractivity contribution is 7.12. The number of unbranched alkanes of at least 4 members (excludes halogenated alkanes) is 1. The van der Waals surface area contributed by atoms with Crippen LogP contribution in [0.2, 0.25) is 0 Å². The van der Waals surface area contributed by atoms with Crippen LogP contribution in [0.25, 0.3) is 0 Å². The molecule has 5 rings (SSSR count). The van der Waals surface area contributed by atoms with Gasteiger partial charge in [-0.2, -0.15) is 0 Å². The van der Waals surface area contributed by atoms with Crippen LogP contribution in [0.1, 0.15) is 53.0 Å². The number of aryl methyl sites for hydroxylation is 2. The third kappa shape index (κ3) is 4.99. The second kappa shape index (κ2) is 10.6. The van der Waals surface area contributed by atoms with E-state index in [1.807, 2.05) is 35.0 Å². The summed E-state index contributed by atoms with van der Waals surface area (Å²) in [6.45, 7) is 3.28. The average molecular weight is 511 g/mol. The predicted molar refractivity (Wildman–Crippen MR) is 142 cm³/mol. The first-order valence-corrected chi connectivity index (χ1v) is 14.6. The lowest BCUT2D eigenvalue weighted by atomic mass is 9.94. The monoisotopic (exact) mass is 510 g/mol. The first-order valence-electron chi connectivity index (χ1n) is 12.9. The molecule has 2 aliphatic rings. The van der Waals surface area contributed by atoms with E-state index < -0.39 is 11.6 Å². The Morgan fingerprint density at radius 1 is 1.06 bits per heavy atom. The molecule has 0 radical (unpaired) electrons. The van der Waals surface area contributed by atoms with Gasteiger partial charge in [0.25, 0.3) is 0 Å². The Hall–Kier alpha value is -1.99. The van der Waals surface area contributed by atoms with Crippen molar-refractivity contribution < 1.29 is 19.5 Å². The van der Waals surface area contributed by atoms with Crippen LogP contribution in [0, 0.1) is 18.8 Å². The summed E-state index contributed by atoms with van der Waals surface area (Å²) in [5.41, 5.74) is 1.02. The molecule has 186 valence electrons. The third-order valence-electron chi connectivity index (χ3n) is 8.17. The summed E-state index contributed by atoms with van der Waals surface area (Å²) in [5.74, 6) is 0.282. The molecule has 2 bridgehead atoms. The minimum Gasteiger partial charge on any atom is -0.459 e. The van der Waals surface area contributed by atoms with Crippen LogP contribution in [0.3, 0.4) is 0 Å². The molecule has 2 aliphatic carbocycles. The highest BCUT2D eigenvalue weighted by atomic mass is 32.1. The molecule has 35 heavy (non-hydrogen) atoms. The summed E-state index contributed by atoms with van der Waals surface area (Å²) < 4.78 is 6.20. The van der Waals surface area contributed by atoms with E-state index in [-0.39, 0.29) is 6.10 Å². The Morgan fingerprint density at radius 3 is 2.37 bits per heavy atom. The van der Waals surface area contributed by atoms with Crippen LogP contribution in [0.5, 0.6) is 0 Å². The Labute approximate surface area is 216 Å². The number of nitrogens with one attached hydrogen (secondary N) is 1. The van der Waals surface area contributed by atoms with Crippen molar-refractivity contribution in [2.24, 2.45) is 11.8 Å². The summed E-state index contributed by atoms with van der Waals surface area (Å²) in [5, 5.41) is 15.4. The fourth-order valence-corrected chi connectivity index (χ4v) is 7.91. The normalized spacial score (nSPS) is 24.5. The summed E-state index contributed by atoms with van der Waals surface area (Å²) in [7, 11) is 2.31. The van der Waals surface area contributed by atoms with Crippen LogP contribution in [0.4, 0.5) is 0 Å². The van der Waals surface area contributed by atoms with Crippen LogP contribution < -0.4 is 4.90 Å². The molecule has 2 saturated carbocycles. The summed E-state index contributed by atoms with van der Waals surface area (Å²) in [6.07, 6.45) is 6.81. The molecule has 0 aliphatic heterocycles. The van der Waals surface area contributed by atoms with Crippen molar-refractivity contribution in [1.29, 1.82) is 0 Å². The van der Waals surface area contributed by atoms with Crippen molar-refractivity contribution in [1.82, 2.24) is 0 Å². The van der Waals surface area contributed by atoms with E-state index in [9.17, 15) is 9.90 Å². The molecule has 6 heteroatoms. The smallest absolute Gasteiger partial charge is 0.349 e. The number of ether oxygens (including phenoxy) is 1. The molecule has 2 N–H and O–H groups in total. The lowest BCUT2D eigenvalue weighted by Crippen LogP contribution is -3.13. The summed E-state index contributed by atoms with van der Waals surface area (Å²) in [6, 6.07) is 16.8. The maximum absolute atomic E-state index is 13.5. The number of carbonyl (C=O) groups is 1. The number of quaternary nitrogens is 1. The zero-order chi connectivity index (χ0) is 24.4. The number of rotatable bonds is 10. The molecule has 5 atom stereocenters. The van der Waals surface area contributed by atoms with E-state index in [1.54, 1.807) is 4.90 Å². The number of thiophene rings is 2.